The molecule has 27 heavy (non-hydrogen) atoms. The molecular formula is C24H21N3. The van der Waals surface area contributed by atoms with Gasteiger partial charge in [0.25, 0.3) is 0 Å². The smallest absolute Gasteiger partial charge is 0.193 e. The van der Waals surface area contributed by atoms with Gasteiger partial charge in [0, 0.05) is 11.1 Å². The molecule has 0 radical (unpaired) electrons. The molecule has 5 rings (SSSR count). The van der Waals surface area contributed by atoms with E-state index in [-0.39, 0.29) is 0 Å². The van der Waals surface area contributed by atoms with Crippen LogP contribution in [0.15, 0.2) is 77.8 Å². The van der Waals surface area contributed by atoms with E-state index in [1.807, 2.05) is 0 Å². The van der Waals surface area contributed by atoms with Crippen LogP contribution in [0.5, 0.6) is 0 Å². The third-order valence-corrected chi connectivity index (χ3v) is 5.44. The molecule has 1 aliphatic carbocycles. The SMILES string of the molecule is NC(=NCc1cccc2ccccc12)Nc1ccc2c3c(cccc13)CC2. The number of nitrogens with one attached hydrogen (secondary N) is 1. The number of hydrogen-bond donors (Lipinski definition) is 2. The van der Waals surface area contributed by atoms with Crippen LogP contribution < -0.4 is 11.1 Å². The maximum absolute atomic E-state index is 6.22. The molecule has 0 atom stereocenters. The summed E-state index contributed by atoms with van der Waals surface area (Å²) in [5.74, 6) is 0.446. The summed E-state index contributed by atoms with van der Waals surface area (Å²) in [5, 5.41) is 8.37. The number of benzene rings is 4. The summed E-state index contributed by atoms with van der Waals surface area (Å²) in [6.07, 6.45) is 2.25. The first-order valence-electron chi connectivity index (χ1n) is 9.37. The third kappa shape index (κ3) is 2.81. The number of hydrogen-bond acceptors (Lipinski definition) is 1. The van der Waals surface area contributed by atoms with Crippen LogP contribution >= 0.6 is 0 Å². The lowest BCUT2D eigenvalue weighted by atomic mass is 10.0. The molecule has 3 N–H and O–H groups in total. The molecule has 0 aromatic heterocycles. The minimum atomic E-state index is 0.446. The van der Waals surface area contributed by atoms with Crippen LogP contribution in [0, 0.1) is 0 Å². The lowest BCUT2D eigenvalue weighted by Crippen LogP contribution is -2.22. The van der Waals surface area contributed by atoms with Gasteiger partial charge in [0.2, 0.25) is 0 Å². The molecule has 1 aliphatic rings. The molecule has 0 bridgehead atoms. The van der Waals surface area contributed by atoms with Crippen molar-refractivity contribution < 1.29 is 0 Å². The molecular weight excluding hydrogens is 330 g/mol. The first-order chi connectivity index (χ1) is 13.3. The van der Waals surface area contributed by atoms with Crippen LogP contribution in [0.2, 0.25) is 0 Å². The Kier molecular flexibility index (Phi) is 3.79. The highest BCUT2D eigenvalue weighted by atomic mass is 15.1. The number of nitrogens with zero attached hydrogens (tertiary/aromatic N) is 1. The summed E-state index contributed by atoms with van der Waals surface area (Å²) in [6.45, 7) is 0.557. The molecule has 0 fully saturated rings. The van der Waals surface area contributed by atoms with Crippen LogP contribution in [0.1, 0.15) is 16.7 Å². The van der Waals surface area contributed by atoms with Gasteiger partial charge in [-0.05, 0) is 51.8 Å². The Morgan fingerprint density at radius 1 is 0.815 bits per heavy atom. The van der Waals surface area contributed by atoms with E-state index < -0.39 is 0 Å². The van der Waals surface area contributed by atoms with Crippen molar-refractivity contribution in [3.05, 3.63) is 89.5 Å². The van der Waals surface area contributed by atoms with Gasteiger partial charge in [-0.15, -0.1) is 0 Å². The fourth-order valence-corrected chi connectivity index (χ4v) is 4.13. The molecule has 0 unspecified atom stereocenters. The molecule has 4 aromatic carbocycles. The summed E-state index contributed by atoms with van der Waals surface area (Å²) in [5.41, 5.74) is 11.3. The number of aryl methyl sites for hydroxylation is 2. The lowest BCUT2D eigenvalue weighted by molar-refractivity contribution is 1.02. The average Bonchev–Trinajstić information content (AvgIpc) is 3.13. The number of nitrogens with two attached hydrogens (primary N) is 1. The van der Waals surface area contributed by atoms with Gasteiger partial charge in [-0.3, -0.25) is 0 Å². The average molecular weight is 351 g/mol. The predicted molar refractivity (Wildman–Crippen MR) is 114 cm³/mol. The molecule has 0 saturated carbocycles. The van der Waals surface area contributed by atoms with Gasteiger partial charge < -0.3 is 11.1 Å². The zero-order valence-corrected chi connectivity index (χ0v) is 15.1. The Balaban J connectivity index is 1.44. The van der Waals surface area contributed by atoms with Crippen LogP contribution in [0.3, 0.4) is 0 Å². The largest absolute Gasteiger partial charge is 0.370 e. The molecule has 3 heteroatoms. The van der Waals surface area contributed by atoms with Gasteiger partial charge in [0.05, 0.1) is 6.54 Å². The Hall–Kier alpha value is -3.33. The molecule has 0 heterocycles. The van der Waals surface area contributed by atoms with Crippen LogP contribution in [0.4, 0.5) is 5.69 Å². The van der Waals surface area contributed by atoms with Crippen molar-refractivity contribution in [1.29, 1.82) is 0 Å². The van der Waals surface area contributed by atoms with E-state index >= 15 is 0 Å². The van der Waals surface area contributed by atoms with E-state index in [9.17, 15) is 0 Å². The van der Waals surface area contributed by atoms with Crippen LogP contribution in [-0.2, 0) is 19.4 Å². The van der Waals surface area contributed by atoms with Crippen molar-refractivity contribution in [2.24, 2.45) is 10.7 Å². The first kappa shape index (κ1) is 15.9. The van der Waals surface area contributed by atoms with Crippen molar-refractivity contribution in [2.75, 3.05) is 5.32 Å². The Bertz CT molecular complexity index is 1180. The van der Waals surface area contributed by atoms with Gasteiger partial charge >= 0.3 is 0 Å². The first-order valence-corrected chi connectivity index (χ1v) is 9.37. The molecule has 0 aliphatic heterocycles. The lowest BCUT2D eigenvalue weighted by Gasteiger charge is -2.11. The molecule has 132 valence electrons. The second-order valence-corrected chi connectivity index (χ2v) is 7.08. The maximum Gasteiger partial charge on any atom is 0.193 e. The van der Waals surface area contributed by atoms with Gasteiger partial charge in [-0.25, -0.2) is 4.99 Å². The Morgan fingerprint density at radius 3 is 2.48 bits per heavy atom. The Morgan fingerprint density at radius 2 is 1.56 bits per heavy atom. The molecule has 0 saturated heterocycles. The fraction of sp³-hybridized carbons (Fsp3) is 0.125. The van der Waals surface area contributed by atoms with Gasteiger partial charge in [0.15, 0.2) is 5.96 Å². The van der Waals surface area contributed by atoms with Gasteiger partial charge in [0.1, 0.15) is 0 Å². The van der Waals surface area contributed by atoms with Crippen LogP contribution in [-0.4, -0.2) is 5.96 Å². The van der Waals surface area contributed by atoms with Crippen molar-refractivity contribution in [1.82, 2.24) is 0 Å². The van der Waals surface area contributed by atoms with Gasteiger partial charge in [-0.1, -0.05) is 66.7 Å². The number of anilines is 1. The molecule has 0 amide bonds. The van der Waals surface area contributed by atoms with E-state index in [4.69, 9.17) is 5.73 Å². The topological polar surface area (TPSA) is 50.4 Å². The van der Waals surface area contributed by atoms with E-state index in [1.54, 1.807) is 0 Å². The summed E-state index contributed by atoms with van der Waals surface area (Å²) < 4.78 is 0. The van der Waals surface area contributed by atoms with Crippen LogP contribution in [0.25, 0.3) is 21.5 Å². The van der Waals surface area contributed by atoms with E-state index in [1.165, 1.54) is 38.2 Å². The molecule has 3 nitrogen and oxygen atoms in total. The zero-order chi connectivity index (χ0) is 18.2. The van der Waals surface area contributed by atoms with Crippen molar-refractivity contribution in [3.8, 4) is 0 Å². The van der Waals surface area contributed by atoms with E-state index in [2.05, 4.69) is 83.1 Å². The normalized spacial score (nSPS) is 13.4. The second kappa shape index (κ2) is 6.44. The maximum atomic E-state index is 6.22. The molecule has 4 aromatic rings. The third-order valence-electron chi connectivity index (χ3n) is 5.44. The second-order valence-electron chi connectivity index (χ2n) is 7.08. The minimum absolute atomic E-state index is 0.446. The van der Waals surface area contributed by atoms with Crippen molar-refractivity contribution >= 4 is 33.2 Å². The quantitative estimate of drug-likeness (QED) is 0.402. The van der Waals surface area contributed by atoms with Crippen molar-refractivity contribution in [2.45, 2.75) is 19.4 Å². The zero-order valence-electron chi connectivity index (χ0n) is 15.1. The highest BCUT2D eigenvalue weighted by molar-refractivity contribution is 6.05. The highest BCUT2D eigenvalue weighted by Gasteiger charge is 2.15. The van der Waals surface area contributed by atoms with Gasteiger partial charge in [-0.2, -0.15) is 0 Å². The predicted octanol–water partition coefficient (Wildman–Crippen LogP) is 5.02. The highest BCUT2D eigenvalue weighted by Crippen LogP contribution is 2.34. The Labute approximate surface area is 158 Å². The standard InChI is InChI=1S/C24H21N3/c25-24(26-15-19-8-3-6-16-5-1-2-9-20(16)19)27-22-14-13-18-12-11-17-7-4-10-21(22)23(17)18/h1-10,13-14H,11-12,15H2,(H3,25,26,27). The number of aliphatic imine (C=N–C) groups is 1. The summed E-state index contributed by atoms with van der Waals surface area (Å²) >= 11 is 0. The molecule has 0 spiro atoms. The monoisotopic (exact) mass is 351 g/mol. The van der Waals surface area contributed by atoms with E-state index in [0.717, 1.165) is 18.5 Å². The summed E-state index contributed by atoms with van der Waals surface area (Å²) in [4.78, 5) is 4.59. The fourth-order valence-electron chi connectivity index (χ4n) is 4.13. The number of guanidine groups is 1. The summed E-state index contributed by atoms with van der Waals surface area (Å²) in [6, 6.07) is 25.5. The minimum Gasteiger partial charge on any atom is -0.370 e. The van der Waals surface area contributed by atoms with Crippen molar-refractivity contribution in [3.63, 3.8) is 0 Å². The number of fused-ring (bicyclic) bond motifs is 1. The number of rotatable bonds is 3. The van der Waals surface area contributed by atoms with E-state index in [0.29, 0.717) is 12.5 Å². The summed E-state index contributed by atoms with van der Waals surface area (Å²) in [7, 11) is 0.